The number of aliphatic carboxylic acids is 1. The molecule has 0 saturated carbocycles. The average molecular weight is 316 g/mol. The molecule has 1 rings (SSSR count). The van der Waals surface area contributed by atoms with Gasteiger partial charge in [-0.1, -0.05) is 0 Å². The van der Waals surface area contributed by atoms with Gasteiger partial charge in [0.1, 0.15) is 11.4 Å². The average Bonchev–Trinajstić information content (AvgIpc) is 2.35. The summed E-state index contributed by atoms with van der Waals surface area (Å²) in [6, 6.07) is 2.87. The van der Waals surface area contributed by atoms with E-state index in [0.717, 1.165) is 29.4 Å². The first kappa shape index (κ1) is 16.6. The van der Waals surface area contributed by atoms with E-state index >= 15 is 0 Å². The molecule has 0 aliphatic rings. The summed E-state index contributed by atoms with van der Waals surface area (Å²) in [6.45, 7) is -0.583. The molecule has 0 unspecified atom stereocenters. The summed E-state index contributed by atoms with van der Waals surface area (Å²) in [5.41, 5.74) is -0.898. The molecule has 0 fully saturated rings. The Kier molecular flexibility index (Phi) is 4.63. The van der Waals surface area contributed by atoms with Gasteiger partial charge >= 0.3 is 5.97 Å². The lowest BCUT2D eigenvalue weighted by Gasteiger charge is -2.14. The fraction of sp³-hybridized carbons (Fsp3) is 0.273. The van der Waals surface area contributed by atoms with Gasteiger partial charge in [-0.25, -0.2) is 8.42 Å². The Morgan fingerprint density at radius 2 is 1.95 bits per heavy atom. The molecule has 1 amide bonds. The Morgan fingerprint density at radius 3 is 2.38 bits per heavy atom. The largest absolute Gasteiger partial charge is 0.480 e. The molecule has 21 heavy (non-hydrogen) atoms. The normalized spacial score (nSPS) is 11.0. The van der Waals surface area contributed by atoms with Gasteiger partial charge in [-0.15, -0.1) is 0 Å². The number of hydrogen-bond acceptors (Lipinski definition) is 6. The van der Waals surface area contributed by atoms with Crippen LogP contribution in [0.2, 0.25) is 0 Å². The van der Waals surface area contributed by atoms with Crippen LogP contribution in [0.15, 0.2) is 23.1 Å². The van der Waals surface area contributed by atoms with Gasteiger partial charge in [0.2, 0.25) is 0 Å². The number of sulfone groups is 1. The van der Waals surface area contributed by atoms with Crippen molar-refractivity contribution in [2.75, 3.05) is 19.8 Å². The smallest absolute Gasteiger partial charge is 0.323 e. The van der Waals surface area contributed by atoms with Crippen molar-refractivity contribution in [3.05, 3.63) is 33.9 Å². The zero-order valence-electron chi connectivity index (χ0n) is 11.1. The van der Waals surface area contributed by atoms with E-state index in [2.05, 4.69) is 0 Å². The third kappa shape index (κ3) is 3.99. The number of nitro benzene ring substituents is 1. The molecule has 0 saturated heterocycles. The maximum atomic E-state index is 11.9. The summed E-state index contributed by atoms with van der Waals surface area (Å²) in [4.78, 5) is 32.8. The summed E-state index contributed by atoms with van der Waals surface area (Å²) < 4.78 is 22.9. The second-order valence-electron chi connectivity index (χ2n) is 4.27. The van der Waals surface area contributed by atoms with E-state index in [1.165, 1.54) is 7.05 Å². The van der Waals surface area contributed by atoms with Crippen molar-refractivity contribution in [1.29, 1.82) is 0 Å². The van der Waals surface area contributed by atoms with Gasteiger partial charge in [0, 0.05) is 24.9 Å². The van der Waals surface area contributed by atoms with Crippen molar-refractivity contribution >= 4 is 27.4 Å². The maximum absolute atomic E-state index is 11.9. The third-order valence-electron chi connectivity index (χ3n) is 2.52. The molecule has 1 aromatic carbocycles. The van der Waals surface area contributed by atoms with Crippen molar-refractivity contribution < 1.29 is 28.0 Å². The van der Waals surface area contributed by atoms with Crippen LogP contribution in [0.3, 0.4) is 0 Å². The zero-order valence-corrected chi connectivity index (χ0v) is 12.0. The van der Waals surface area contributed by atoms with Gasteiger partial charge in [0.05, 0.1) is 4.92 Å². The predicted octanol–water partition coefficient (Wildman–Crippen LogP) is 0.155. The first-order chi connectivity index (χ1) is 9.54. The first-order valence-corrected chi connectivity index (χ1v) is 7.39. The Balaban J connectivity index is 3.30. The monoisotopic (exact) mass is 316 g/mol. The predicted molar refractivity (Wildman–Crippen MR) is 70.8 cm³/mol. The number of carboxylic acids is 1. The quantitative estimate of drug-likeness (QED) is 0.603. The number of amides is 1. The van der Waals surface area contributed by atoms with Gasteiger partial charge < -0.3 is 10.0 Å². The Bertz CT molecular complexity index is 711. The van der Waals surface area contributed by atoms with E-state index in [1.807, 2.05) is 0 Å². The molecule has 0 radical (unpaired) electrons. The molecule has 1 aromatic rings. The Labute approximate surface area is 119 Å². The minimum absolute atomic E-state index is 0.169. The van der Waals surface area contributed by atoms with E-state index in [-0.39, 0.29) is 5.56 Å². The molecule has 0 aliphatic carbocycles. The van der Waals surface area contributed by atoms with Crippen LogP contribution in [-0.2, 0) is 14.6 Å². The first-order valence-electron chi connectivity index (χ1n) is 5.49. The lowest BCUT2D eigenvalue weighted by molar-refractivity contribution is -0.387. The number of carbonyl (C=O) groups excluding carboxylic acids is 1. The highest BCUT2D eigenvalue weighted by Crippen LogP contribution is 2.25. The molecule has 0 heterocycles. The maximum Gasteiger partial charge on any atom is 0.323 e. The van der Waals surface area contributed by atoms with Crippen molar-refractivity contribution in [2.45, 2.75) is 4.90 Å². The molecule has 0 aromatic heterocycles. The van der Waals surface area contributed by atoms with Crippen LogP contribution >= 0.6 is 0 Å². The van der Waals surface area contributed by atoms with Crippen LogP contribution in [0, 0.1) is 10.1 Å². The highest BCUT2D eigenvalue weighted by Gasteiger charge is 2.25. The van der Waals surface area contributed by atoms with E-state index in [1.54, 1.807) is 0 Å². The molecule has 1 N–H and O–H groups in total. The summed E-state index contributed by atoms with van der Waals surface area (Å²) in [5, 5.41) is 19.5. The number of nitro groups is 1. The highest BCUT2D eigenvalue weighted by molar-refractivity contribution is 7.90. The molecule has 9 nitrogen and oxygen atoms in total. The van der Waals surface area contributed by atoms with Crippen molar-refractivity contribution in [3.8, 4) is 0 Å². The van der Waals surface area contributed by atoms with Gasteiger partial charge in [-0.3, -0.25) is 19.7 Å². The fourth-order valence-corrected chi connectivity index (χ4v) is 2.43. The van der Waals surface area contributed by atoms with Crippen molar-refractivity contribution in [1.82, 2.24) is 4.90 Å². The van der Waals surface area contributed by atoms with Crippen LogP contribution in [0.4, 0.5) is 5.69 Å². The number of likely N-dealkylation sites (N-methyl/N-ethyl adjacent to an activating group) is 1. The van der Waals surface area contributed by atoms with E-state index in [4.69, 9.17) is 5.11 Å². The summed E-state index contributed by atoms with van der Waals surface area (Å²) in [5.74, 6) is -2.01. The number of nitrogens with zero attached hydrogens (tertiary/aromatic N) is 2. The van der Waals surface area contributed by atoms with E-state index in [9.17, 15) is 28.1 Å². The second kappa shape index (κ2) is 5.87. The minimum Gasteiger partial charge on any atom is -0.480 e. The Morgan fingerprint density at radius 1 is 1.38 bits per heavy atom. The standard InChI is InChI=1S/C11H12N2O7S/c1-12(6-10(14)15)11(16)7-3-4-9(21(2,19)20)8(5-7)13(17)18/h3-5H,6H2,1-2H3,(H,14,15). The highest BCUT2D eigenvalue weighted by atomic mass is 32.2. The molecular formula is C11H12N2O7S. The van der Waals surface area contributed by atoms with Crippen LogP contribution in [-0.4, -0.2) is 55.1 Å². The van der Waals surface area contributed by atoms with Crippen LogP contribution in [0.5, 0.6) is 0 Å². The molecule has 0 aliphatic heterocycles. The topological polar surface area (TPSA) is 135 Å². The van der Waals surface area contributed by atoms with Crippen LogP contribution < -0.4 is 0 Å². The van der Waals surface area contributed by atoms with Crippen molar-refractivity contribution in [2.24, 2.45) is 0 Å². The molecule has 0 atom stereocenters. The zero-order chi connectivity index (χ0) is 16.4. The lowest BCUT2D eigenvalue weighted by Crippen LogP contribution is -2.32. The molecule has 0 bridgehead atoms. The van der Waals surface area contributed by atoms with Crippen molar-refractivity contribution in [3.63, 3.8) is 0 Å². The number of carbonyl (C=O) groups is 2. The SMILES string of the molecule is CN(CC(=O)O)C(=O)c1ccc(S(C)(=O)=O)c([N+](=O)[O-])c1. The Hall–Kier alpha value is -2.49. The molecule has 10 heteroatoms. The second-order valence-corrected chi connectivity index (χ2v) is 6.25. The number of hydrogen-bond donors (Lipinski definition) is 1. The van der Waals surface area contributed by atoms with Gasteiger partial charge in [-0.05, 0) is 12.1 Å². The van der Waals surface area contributed by atoms with Crippen LogP contribution in [0.25, 0.3) is 0 Å². The van der Waals surface area contributed by atoms with Gasteiger partial charge in [0.25, 0.3) is 11.6 Å². The van der Waals surface area contributed by atoms with Gasteiger partial charge in [0.15, 0.2) is 9.84 Å². The summed E-state index contributed by atoms with van der Waals surface area (Å²) >= 11 is 0. The van der Waals surface area contributed by atoms with E-state index < -0.39 is 43.8 Å². The number of rotatable bonds is 5. The summed E-state index contributed by atoms with van der Waals surface area (Å²) in [7, 11) is -2.61. The molecule has 0 spiro atoms. The van der Waals surface area contributed by atoms with Crippen LogP contribution in [0.1, 0.15) is 10.4 Å². The number of benzene rings is 1. The van der Waals surface area contributed by atoms with E-state index in [0.29, 0.717) is 0 Å². The molecule has 114 valence electrons. The summed E-state index contributed by atoms with van der Waals surface area (Å²) in [6.07, 6.45) is 0.813. The lowest BCUT2D eigenvalue weighted by atomic mass is 10.2. The number of carboxylic acid groups (broad SMARTS) is 1. The minimum atomic E-state index is -3.82. The molecular weight excluding hydrogens is 304 g/mol. The van der Waals surface area contributed by atoms with Gasteiger partial charge in [-0.2, -0.15) is 0 Å². The third-order valence-corrected chi connectivity index (χ3v) is 3.67. The fourth-order valence-electron chi connectivity index (χ4n) is 1.60.